The van der Waals surface area contributed by atoms with Crippen LogP contribution < -0.4 is 5.32 Å². The molecule has 2 N–H and O–H groups in total. The van der Waals surface area contributed by atoms with Gasteiger partial charge in [-0.05, 0) is 24.6 Å². The molecular formula is C11H12FN3OS. The molecule has 0 aliphatic heterocycles. The smallest absolute Gasteiger partial charge is 0.205 e. The molecule has 0 atom stereocenters. The van der Waals surface area contributed by atoms with Crippen molar-refractivity contribution in [3.63, 3.8) is 0 Å². The molecular weight excluding hydrogens is 241 g/mol. The molecule has 0 aliphatic rings. The third kappa shape index (κ3) is 2.91. The van der Waals surface area contributed by atoms with Crippen molar-refractivity contribution >= 4 is 16.5 Å². The van der Waals surface area contributed by atoms with Crippen molar-refractivity contribution in [3.05, 3.63) is 34.6 Å². The van der Waals surface area contributed by atoms with Gasteiger partial charge in [-0.15, -0.1) is 10.2 Å². The molecule has 6 heteroatoms. The van der Waals surface area contributed by atoms with E-state index < -0.39 is 0 Å². The monoisotopic (exact) mass is 253 g/mol. The van der Waals surface area contributed by atoms with Crippen molar-refractivity contribution in [1.82, 2.24) is 10.2 Å². The molecule has 0 aliphatic carbocycles. The summed E-state index contributed by atoms with van der Waals surface area (Å²) < 4.78 is 13.0. The van der Waals surface area contributed by atoms with Gasteiger partial charge in [0.2, 0.25) is 5.13 Å². The van der Waals surface area contributed by atoms with Crippen LogP contribution in [-0.2, 0) is 13.0 Å². The van der Waals surface area contributed by atoms with E-state index in [0.29, 0.717) is 17.2 Å². The highest BCUT2D eigenvalue weighted by Gasteiger charge is 2.05. The Morgan fingerprint density at radius 1 is 1.41 bits per heavy atom. The van der Waals surface area contributed by atoms with Gasteiger partial charge in [0.05, 0.1) is 0 Å². The highest BCUT2D eigenvalue weighted by atomic mass is 32.1. The van der Waals surface area contributed by atoms with E-state index in [4.69, 9.17) is 0 Å². The zero-order valence-corrected chi connectivity index (χ0v) is 10.1. The van der Waals surface area contributed by atoms with Crippen molar-refractivity contribution in [2.75, 3.05) is 5.32 Å². The number of rotatable bonds is 4. The zero-order chi connectivity index (χ0) is 12.3. The van der Waals surface area contributed by atoms with Crippen LogP contribution in [0.25, 0.3) is 0 Å². The van der Waals surface area contributed by atoms with Gasteiger partial charge in [-0.3, -0.25) is 0 Å². The largest absolute Gasteiger partial charge is 0.508 e. The fraction of sp³-hybridized carbons (Fsp3) is 0.273. The lowest BCUT2D eigenvalue weighted by Crippen LogP contribution is -1.99. The normalized spacial score (nSPS) is 10.5. The molecule has 2 rings (SSSR count). The topological polar surface area (TPSA) is 58.0 Å². The van der Waals surface area contributed by atoms with Gasteiger partial charge in [-0.2, -0.15) is 0 Å². The summed E-state index contributed by atoms with van der Waals surface area (Å²) in [7, 11) is 0. The maximum Gasteiger partial charge on any atom is 0.205 e. The average molecular weight is 253 g/mol. The number of phenols is 1. The number of halogens is 1. The number of hydrogen-bond donors (Lipinski definition) is 2. The molecule has 0 radical (unpaired) electrons. The van der Waals surface area contributed by atoms with Gasteiger partial charge >= 0.3 is 0 Å². The number of anilines is 1. The van der Waals surface area contributed by atoms with E-state index in [1.54, 1.807) is 0 Å². The number of nitrogens with zero attached hydrogens (tertiary/aromatic N) is 2. The molecule has 0 unspecified atom stereocenters. The third-order valence-corrected chi connectivity index (χ3v) is 3.27. The lowest BCUT2D eigenvalue weighted by Gasteiger charge is -2.04. The summed E-state index contributed by atoms with van der Waals surface area (Å²) in [5, 5.41) is 22.0. The molecule has 1 aromatic heterocycles. The number of aromatic hydroxyl groups is 1. The van der Waals surface area contributed by atoms with Crippen LogP contribution in [0.1, 0.15) is 17.5 Å². The SMILES string of the molecule is CCc1nnc(NCc2cc(F)ccc2O)s1. The molecule has 90 valence electrons. The van der Waals surface area contributed by atoms with E-state index in [0.717, 1.165) is 11.4 Å². The predicted molar refractivity (Wildman–Crippen MR) is 64.7 cm³/mol. The number of aromatic nitrogens is 2. The Labute approximate surface area is 102 Å². The highest BCUT2D eigenvalue weighted by Crippen LogP contribution is 2.21. The minimum absolute atomic E-state index is 0.0686. The van der Waals surface area contributed by atoms with E-state index in [-0.39, 0.29) is 11.6 Å². The van der Waals surface area contributed by atoms with Crippen LogP contribution in [0.3, 0.4) is 0 Å². The Morgan fingerprint density at radius 3 is 2.94 bits per heavy atom. The van der Waals surface area contributed by atoms with Crippen molar-refractivity contribution in [1.29, 1.82) is 0 Å². The molecule has 1 aromatic carbocycles. The summed E-state index contributed by atoms with van der Waals surface area (Å²) in [4.78, 5) is 0. The van der Waals surface area contributed by atoms with Crippen LogP contribution in [0.4, 0.5) is 9.52 Å². The van der Waals surface area contributed by atoms with Crippen LogP contribution >= 0.6 is 11.3 Å². The number of phenolic OH excluding ortho intramolecular Hbond substituents is 1. The van der Waals surface area contributed by atoms with Gasteiger partial charge in [0, 0.05) is 12.1 Å². The third-order valence-electron chi connectivity index (χ3n) is 2.24. The number of aryl methyl sites for hydroxylation is 1. The minimum Gasteiger partial charge on any atom is -0.508 e. The highest BCUT2D eigenvalue weighted by molar-refractivity contribution is 7.15. The summed E-state index contributed by atoms with van der Waals surface area (Å²) in [5.74, 6) is -0.301. The second-order valence-electron chi connectivity index (χ2n) is 3.48. The molecule has 0 spiro atoms. The molecule has 0 fully saturated rings. The van der Waals surface area contributed by atoms with Crippen LogP contribution in [0, 0.1) is 5.82 Å². The average Bonchev–Trinajstić information content (AvgIpc) is 2.78. The Hall–Kier alpha value is -1.69. The molecule has 0 saturated heterocycles. The first-order valence-electron chi connectivity index (χ1n) is 5.22. The zero-order valence-electron chi connectivity index (χ0n) is 9.27. The molecule has 2 aromatic rings. The van der Waals surface area contributed by atoms with Crippen LogP contribution in [0.5, 0.6) is 5.75 Å². The number of benzene rings is 1. The lowest BCUT2D eigenvalue weighted by molar-refractivity contribution is 0.466. The van der Waals surface area contributed by atoms with Crippen molar-refractivity contribution < 1.29 is 9.50 Å². The Bertz CT molecular complexity index is 515. The molecule has 1 heterocycles. The summed E-state index contributed by atoms with van der Waals surface area (Å²) in [5.41, 5.74) is 0.498. The van der Waals surface area contributed by atoms with Gasteiger partial charge in [0.25, 0.3) is 0 Å². The fourth-order valence-corrected chi connectivity index (χ4v) is 2.01. The second kappa shape index (κ2) is 5.09. The summed E-state index contributed by atoms with van der Waals surface area (Å²) in [6, 6.07) is 3.85. The fourth-order valence-electron chi connectivity index (χ4n) is 1.33. The van der Waals surface area contributed by atoms with E-state index >= 15 is 0 Å². The Kier molecular flexibility index (Phi) is 3.53. The quantitative estimate of drug-likeness (QED) is 0.879. The number of hydrogen-bond acceptors (Lipinski definition) is 5. The minimum atomic E-state index is -0.369. The Balaban J connectivity index is 2.04. The first-order valence-corrected chi connectivity index (χ1v) is 6.04. The molecule has 0 amide bonds. The van der Waals surface area contributed by atoms with Crippen molar-refractivity contribution in [3.8, 4) is 5.75 Å². The maximum atomic E-state index is 13.0. The van der Waals surface area contributed by atoms with Gasteiger partial charge in [0.15, 0.2) is 0 Å². The lowest BCUT2D eigenvalue weighted by atomic mass is 10.2. The van der Waals surface area contributed by atoms with Crippen LogP contribution in [0.2, 0.25) is 0 Å². The predicted octanol–water partition coefficient (Wildman–Crippen LogP) is 2.56. The van der Waals surface area contributed by atoms with E-state index in [1.807, 2.05) is 6.92 Å². The summed E-state index contributed by atoms with van der Waals surface area (Å²) in [6.07, 6.45) is 0.838. The maximum absolute atomic E-state index is 13.0. The van der Waals surface area contributed by atoms with Gasteiger partial charge in [-0.1, -0.05) is 18.3 Å². The van der Waals surface area contributed by atoms with Gasteiger partial charge in [0.1, 0.15) is 16.6 Å². The molecule has 4 nitrogen and oxygen atoms in total. The summed E-state index contributed by atoms with van der Waals surface area (Å²) in [6.45, 7) is 2.32. The van der Waals surface area contributed by atoms with Gasteiger partial charge < -0.3 is 10.4 Å². The van der Waals surface area contributed by atoms with Crippen molar-refractivity contribution in [2.45, 2.75) is 19.9 Å². The first-order chi connectivity index (χ1) is 8.19. The molecule has 0 saturated carbocycles. The van der Waals surface area contributed by atoms with E-state index in [9.17, 15) is 9.50 Å². The second-order valence-corrected chi connectivity index (χ2v) is 4.54. The summed E-state index contributed by atoms with van der Waals surface area (Å²) >= 11 is 1.45. The standard InChI is InChI=1S/C11H12FN3OS/c1-2-10-14-15-11(17-10)13-6-7-5-8(12)3-4-9(7)16/h3-5,16H,2,6H2,1H3,(H,13,15). The molecule has 0 bridgehead atoms. The van der Waals surface area contributed by atoms with Gasteiger partial charge in [-0.25, -0.2) is 4.39 Å². The number of nitrogens with one attached hydrogen (secondary N) is 1. The first kappa shape index (κ1) is 11.8. The van der Waals surface area contributed by atoms with E-state index in [2.05, 4.69) is 15.5 Å². The van der Waals surface area contributed by atoms with Crippen LogP contribution in [0.15, 0.2) is 18.2 Å². The van der Waals surface area contributed by atoms with Crippen LogP contribution in [-0.4, -0.2) is 15.3 Å². The van der Waals surface area contributed by atoms with Crippen molar-refractivity contribution in [2.24, 2.45) is 0 Å². The van der Waals surface area contributed by atoms with E-state index in [1.165, 1.54) is 29.5 Å². The Morgan fingerprint density at radius 2 is 2.24 bits per heavy atom. The molecule has 17 heavy (non-hydrogen) atoms.